The van der Waals surface area contributed by atoms with E-state index in [0.717, 1.165) is 10.8 Å². The average molecular weight is 481 g/mol. The van der Waals surface area contributed by atoms with Crippen LogP contribution in [-0.4, -0.2) is 63.8 Å². The molecule has 4 aromatic rings. The van der Waals surface area contributed by atoms with Crippen LogP contribution in [0.4, 0.5) is 10.2 Å². The van der Waals surface area contributed by atoms with Crippen LogP contribution >= 0.6 is 11.6 Å². The molecule has 0 unspecified atom stereocenters. The summed E-state index contributed by atoms with van der Waals surface area (Å²) in [6, 6.07) is 12.2. The highest BCUT2D eigenvalue weighted by Crippen LogP contribution is 2.41. The van der Waals surface area contributed by atoms with Crippen LogP contribution in [0.5, 0.6) is 5.75 Å². The fourth-order valence-corrected chi connectivity index (χ4v) is 4.83. The van der Waals surface area contributed by atoms with Gasteiger partial charge in [0.05, 0.1) is 11.6 Å². The fourth-order valence-electron chi connectivity index (χ4n) is 4.54. The lowest BCUT2D eigenvalue weighted by Gasteiger charge is -2.35. The molecule has 1 aliphatic rings. The summed E-state index contributed by atoms with van der Waals surface area (Å²) in [7, 11) is 0. The molecule has 174 valence electrons. The Labute approximate surface area is 200 Å². The van der Waals surface area contributed by atoms with Crippen molar-refractivity contribution in [2.45, 2.75) is 6.42 Å². The Balaban J connectivity index is 1.57. The molecule has 0 spiro atoms. The van der Waals surface area contributed by atoms with Crippen LogP contribution in [0.25, 0.3) is 32.8 Å². The number of aromatic hydroxyl groups is 1. The smallest absolute Gasteiger partial charge is 0.225 e. The number of phenolic OH excluding ortho intramolecular Hbond substituents is 1. The molecule has 0 aliphatic carbocycles. The van der Waals surface area contributed by atoms with E-state index in [1.165, 1.54) is 12.4 Å². The SMILES string of the molecule is O=C(CCO)N1CCN(c2ncnc3c(F)c(-c4cc(O)cc5ccccc45)c(Cl)cc23)CC1. The molecule has 1 aliphatic heterocycles. The number of aliphatic hydroxyl groups is 1. The van der Waals surface area contributed by atoms with E-state index >= 15 is 4.39 Å². The minimum absolute atomic E-state index is 0.0151. The number of phenols is 1. The lowest BCUT2D eigenvalue weighted by atomic mass is 9.96. The summed E-state index contributed by atoms with van der Waals surface area (Å²) in [5.41, 5.74) is 0.789. The first-order chi connectivity index (χ1) is 16.5. The van der Waals surface area contributed by atoms with E-state index in [2.05, 4.69) is 9.97 Å². The molecule has 7 nitrogen and oxygen atoms in total. The zero-order chi connectivity index (χ0) is 23.8. The molecule has 1 saturated heterocycles. The highest BCUT2D eigenvalue weighted by Gasteiger charge is 2.25. The van der Waals surface area contributed by atoms with Gasteiger partial charge in [0.15, 0.2) is 5.82 Å². The number of amides is 1. The summed E-state index contributed by atoms with van der Waals surface area (Å²) in [6.07, 6.45) is 1.42. The Morgan fingerprint density at radius 3 is 2.59 bits per heavy atom. The summed E-state index contributed by atoms with van der Waals surface area (Å²) in [5.74, 6) is -0.112. The van der Waals surface area contributed by atoms with Crippen molar-refractivity contribution < 1.29 is 19.4 Å². The van der Waals surface area contributed by atoms with Crippen molar-refractivity contribution in [3.05, 3.63) is 59.6 Å². The van der Waals surface area contributed by atoms with Crippen molar-refractivity contribution in [3.63, 3.8) is 0 Å². The minimum atomic E-state index is -0.585. The van der Waals surface area contributed by atoms with E-state index in [0.29, 0.717) is 42.9 Å². The number of aliphatic hydroxyl groups excluding tert-OH is 1. The Hall–Kier alpha value is -3.49. The third-order valence-corrected chi connectivity index (χ3v) is 6.47. The first-order valence-electron chi connectivity index (χ1n) is 11.0. The van der Waals surface area contributed by atoms with Gasteiger partial charge in [-0.2, -0.15) is 0 Å². The third-order valence-electron chi connectivity index (χ3n) is 6.17. The fraction of sp³-hybridized carbons (Fsp3) is 0.240. The first-order valence-corrected chi connectivity index (χ1v) is 11.3. The van der Waals surface area contributed by atoms with E-state index < -0.39 is 5.82 Å². The van der Waals surface area contributed by atoms with Crippen molar-refractivity contribution in [1.82, 2.24) is 14.9 Å². The summed E-state index contributed by atoms with van der Waals surface area (Å²) >= 11 is 6.63. The van der Waals surface area contributed by atoms with Gasteiger partial charge in [0.25, 0.3) is 0 Å². The highest BCUT2D eigenvalue weighted by molar-refractivity contribution is 6.35. The molecule has 0 bridgehead atoms. The van der Waals surface area contributed by atoms with Crippen LogP contribution < -0.4 is 4.90 Å². The van der Waals surface area contributed by atoms with Gasteiger partial charge in [0.2, 0.25) is 5.91 Å². The number of hydrogen-bond acceptors (Lipinski definition) is 6. The second kappa shape index (κ2) is 9.04. The summed E-state index contributed by atoms with van der Waals surface area (Å²) in [4.78, 5) is 24.3. The standard InChI is InChI=1S/C25H22ClFN4O3/c26-20-13-19-24(23(27)22(20)18-12-16(33)11-15-3-1-2-4-17(15)18)28-14-29-25(19)31-8-6-30(7-9-31)21(34)5-10-32/h1-4,11-14,32-33H,5-10H2. The van der Waals surface area contributed by atoms with E-state index in [4.69, 9.17) is 16.7 Å². The maximum atomic E-state index is 15.9. The van der Waals surface area contributed by atoms with Gasteiger partial charge in [-0.05, 0) is 34.5 Å². The Bertz CT molecular complexity index is 1410. The van der Waals surface area contributed by atoms with Crippen LogP contribution in [0.3, 0.4) is 0 Å². The molecule has 34 heavy (non-hydrogen) atoms. The van der Waals surface area contributed by atoms with Gasteiger partial charge in [0.1, 0.15) is 23.4 Å². The third kappa shape index (κ3) is 3.89. The molecule has 1 amide bonds. The van der Waals surface area contributed by atoms with E-state index in [-0.39, 0.29) is 40.8 Å². The van der Waals surface area contributed by atoms with Crippen LogP contribution in [0, 0.1) is 5.82 Å². The van der Waals surface area contributed by atoms with E-state index in [1.54, 1.807) is 17.0 Å². The Kier molecular flexibility index (Phi) is 5.93. The summed E-state index contributed by atoms with van der Waals surface area (Å²) < 4.78 is 15.9. The Morgan fingerprint density at radius 1 is 1.06 bits per heavy atom. The van der Waals surface area contributed by atoms with E-state index in [1.807, 2.05) is 29.2 Å². The molecule has 1 fully saturated rings. The predicted molar refractivity (Wildman–Crippen MR) is 130 cm³/mol. The van der Waals surface area contributed by atoms with Gasteiger partial charge in [0, 0.05) is 43.5 Å². The molecule has 3 aromatic carbocycles. The number of rotatable bonds is 4. The number of fused-ring (bicyclic) bond motifs is 2. The van der Waals surface area contributed by atoms with E-state index in [9.17, 15) is 9.90 Å². The predicted octanol–water partition coefficient (Wildman–Crippen LogP) is 3.98. The number of benzene rings is 3. The normalized spacial score (nSPS) is 14.2. The number of carbonyl (C=O) groups excluding carboxylic acids is 1. The van der Waals surface area contributed by atoms with Crippen molar-refractivity contribution in [2.24, 2.45) is 0 Å². The molecule has 5 rings (SSSR count). The highest BCUT2D eigenvalue weighted by atomic mass is 35.5. The molecule has 0 saturated carbocycles. The average Bonchev–Trinajstić information content (AvgIpc) is 2.84. The molecule has 0 radical (unpaired) electrons. The molecular weight excluding hydrogens is 459 g/mol. The molecule has 2 N–H and O–H groups in total. The zero-order valence-electron chi connectivity index (χ0n) is 18.2. The lowest BCUT2D eigenvalue weighted by Crippen LogP contribution is -2.49. The quantitative estimate of drug-likeness (QED) is 0.459. The second-order valence-electron chi connectivity index (χ2n) is 8.20. The van der Waals surface area contributed by atoms with Gasteiger partial charge in [-0.15, -0.1) is 0 Å². The molecule has 0 atom stereocenters. The molecule has 9 heteroatoms. The van der Waals surface area contributed by atoms with Crippen LogP contribution in [0.15, 0.2) is 48.8 Å². The largest absolute Gasteiger partial charge is 0.508 e. The number of aromatic nitrogens is 2. The molecule has 1 aromatic heterocycles. The number of halogens is 2. The summed E-state index contributed by atoms with van der Waals surface area (Å²) in [5, 5.41) is 21.4. The van der Waals surface area contributed by atoms with Crippen LogP contribution in [0.2, 0.25) is 5.02 Å². The monoisotopic (exact) mass is 480 g/mol. The molecular formula is C25H22ClFN4O3. The number of piperazine rings is 1. The van der Waals surface area contributed by atoms with Gasteiger partial charge in [-0.25, -0.2) is 14.4 Å². The van der Waals surface area contributed by atoms with Crippen LogP contribution in [-0.2, 0) is 4.79 Å². The number of carbonyl (C=O) groups is 1. The molecule has 2 heterocycles. The summed E-state index contributed by atoms with van der Waals surface area (Å²) in [6.45, 7) is 1.81. The Morgan fingerprint density at radius 2 is 1.82 bits per heavy atom. The number of nitrogens with zero attached hydrogens (tertiary/aromatic N) is 4. The maximum absolute atomic E-state index is 15.9. The number of hydrogen-bond donors (Lipinski definition) is 2. The van der Waals surface area contributed by atoms with Gasteiger partial charge in [-0.1, -0.05) is 35.9 Å². The van der Waals surface area contributed by atoms with Crippen molar-refractivity contribution in [2.75, 3.05) is 37.7 Å². The first kappa shape index (κ1) is 22.3. The van der Waals surface area contributed by atoms with Crippen molar-refractivity contribution in [1.29, 1.82) is 0 Å². The maximum Gasteiger partial charge on any atom is 0.225 e. The topological polar surface area (TPSA) is 89.8 Å². The van der Waals surface area contributed by atoms with Crippen molar-refractivity contribution >= 4 is 45.0 Å². The van der Waals surface area contributed by atoms with Crippen LogP contribution in [0.1, 0.15) is 6.42 Å². The lowest BCUT2D eigenvalue weighted by molar-refractivity contribution is -0.132. The van der Waals surface area contributed by atoms with Gasteiger partial charge >= 0.3 is 0 Å². The second-order valence-corrected chi connectivity index (χ2v) is 8.60. The van der Waals surface area contributed by atoms with Gasteiger partial charge in [-0.3, -0.25) is 4.79 Å². The van der Waals surface area contributed by atoms with Crippen molar-refractivity contribution in [3.8, 4) is 16.9 Å². The zero-order valence-corrected chi connectivity index (χ0v) is 19.0. The number of anilines is 1. The minimum Gasteiger partial charge on any atom is -0.508 e. The van der Waals surface area contributed by atoms with Gasteiger partial charge < -0.3 is 20.0 Å².